The fraction of sp³-hybridized carbons (Fsp3) is 0.467. The molecule has 0 spiro atoms. The van der Waals surface area contributed by atoms with E-state index in [1.165, 1.54) is 11.1 Å². The molecule has 20 heavy (non-hydrogen) atoms. The van der Waals surface area contributed by atoms with Crippen molar-refractivity contribution in [2.24, 2.45) is 0 Å². The second-order valence-corrected chi connectivity index (χ2v) is 5.08. The zero-order chi connectivity index (χ0) is 13.8. The third-order valence-electron chi connectivity index (χ3n) is 3.38. The Morgan fingerprint density at radius 3 is 2.70 bits per heavy atom. The van der Waals surface area contributed by atoms with E-state index in [0.717, 1.165) is 12.2 Å². The number of hydrogen-bond acceptors (Lipinski definition) is 4. The molecule has 0 bridgehead atoms. The second kappa shape index (κ2) is 7.41. The van der Waals surface area contributed by atoms with Gasteiger partial charge in [-0.15, -0.1) is 12.4 Å². The van der Waals surface area contributed by atoms with Crippen LogP contribution in [0.2, 0.25) is 0 Å². The topological polar surface area (TPSA) is 51.0 Å². The van der Waals surface area contributed by atoms with Crippen molar-refractivity contribution in [3.8, 4) is 0 Å². The van der Waals surface area contributed by atoms with E-state index in [-0.39, 0.29) is 18.3 Å². The third-order valence-corrected chi connectivity index (χ3v) is 3.38. The Balaban J connectivity index is 0.00000200. The monoisotopic (exact) mass is 295 g/mol. The minimum atomic E-state index is 0. The van der Waals surface area contributed by atoms with Gasteiger partial charge in [-0.05, 0) is 33.4 Å². The van der Waals surface area contributed by atoms with Gasteiger partial charge < -0.3 is 9.84 Å². The van der Waals surface area contributed by atoms with E-state index in [1.54, 1.807) is 0 Å². The van der Waals surface area contributed by atoms with Crippen LogP contribution in [-0.2, 0) is 6.42 Å². The molecule has 1 aromatic carbocycles. The van der Waals surface area contributed by atoms with Crippen LogP contribution in [0.15, 0.2) is 28.8 Å². The van der Waals surface area contributed by atoms with Crippen LogP contribution >= 0.6 is 12.4 Å². The fourth-order valence-electron chi connectivity index (χ4n) is 1.98. The number of likely N-dealkylation sites (N-methyl/N-ethyl adjacent to an activating group) is 1. The first-order valence-electron chi connectivity index (χ1n) is 6.66. The van der Waals surface area contributed by atoms with Gasteiger partial charge in [0.15, 0.2) is 5.82 Å². The third kappa shape index (κ3) is 4.05. The summed E-state index contributed by atoms with van der Waals surface area (Å²) in [4.78, 5) is 4.49. The highest BCUT2D eigenvalue weighted by Gasteiger charge is 2.17. The van der Waals surface area contributed by atoms with Gasteiger partial charge in [-0.25, -0.2) is 0 Å². The molecular formula is C15H22ClN3O. The summed E-state index contributed by atoms with van der Waals surface area (Å²) >= 11 is 0. The molecule has 0 aliphatic carbocycles. The van der Waals surface area contributed by atoms with E-state index in [1.807, 2.05) is 7.05 Å². The second-order valence-electron chi connectivity index (χ2n) is 5.08. The van der Waals surface area contributed by atoms with E-state index in [9.17, 15) is 0 Å². The summed E-state index contributed by atoms with van der Waals surface area (Å²) in [6.07, 6.45) is 0.778. The number of halogens is 1. The molecule has 2 aromatic rings. The standard InChI is InChI=1S/C15H21N3O.ClH/c1-10-6-5-7-13(8-10)12(3)15-17-14(18-19-15)9-11(2)16-4;/h5-8,11-12,16H,9H2,1-4H3;1H. The molecule has 0 saturated carbocycles. The number of benzene rings is 1. The van der Waals surface area contributed by atoms with Crippen molar-refractivity contribution in [2.75, 3.05) is 7.05 Å². The van der Waals surface area contributed by atoms with Crippen molar-refractivity contribution in [2.45, 2.75) is 39.2 Å². The quantitative estimate of drug-likeness (QED) is 0.921. The molecule has 110 valence electrons. The molecule has 0 aliphatic heterocycles. The van der Waals surface area contributed by atoms with E-state index in [0.29, 0.717) is 11.9 Å². The molecule has 1 heterocycles. The Kier molecular flexibility index (Phi) is 6.17. The largest absolute Gasteiger partial charge is 0.339 e. The van der Waals surface area contributed by atoms with Crippen molar-refractivity contribution in [1.82, 2.24) is 15.5 Å². The van der Waals surface area contributed by atoms with Crippen LogP contribution in [0.3, 0.4) is 0 Å². The van der Waals surface area contributed by atoms with Gasteiger partial charge in [0.2, 0.25) is 5.89 Å². The summed E-state index contributed by atoms with van der Waals surface area (Å²) in [5.74, 6) is 1.58. The lowest BCUT2D eigenvalue weighted by molar-refractivity contribution is 0.364. The zero-order valence-electron chi connectivity index (χ0n) is 12.4. The van der Waals surface area contributed by atoms with Crippen LogP contribution in [0, 0.1) is 6.92 Å². The molecule has 5 heteroatoms. The number of aryl methyl sites for hydroxylation is 1. The summed E-state index contributed by atoms with van der Waals surface area (Å²) in [5.41, 5.74) is 2.45. The van der Waals surface area contributed by atoms with E-state index < -0.39 is 0 Å². The van der Waals surface area contributed by atoms with Gasteiger partial charge in [0.1, 0.15) is 0 Å². The Labute approximate surface area is 126 Å². The first-order valence-corrected chi connectivity index (χ1v) is 6.66. The van der Waals surface area contributed by atoms with Crippen molar-refractivity contribution in [3.63, 3.8) is 0 Å². The van der Waals surface area contributed by atoms with Crippen molar-refractivity contribution in [3.05, 3.63) is 47.1 Å². The van der Waals surface area contributed by atoms with E-state index in [2.05, 4.69) is 60.5 Å². The maximum atomic E-state index is 5.38. The van der Waals surface area contributed by atoms with E-state index >= 15 is 0 Å². The summed E-state index contributed by atoms with van der Waals surface area (Å²) in [6, 6.07) is 8.74. The molecule has 4 nitrogen and oxygen atoms in total. The summed E-state index contributed by atoms with van der Waals surface area (Å²) < 4.78 is 5.38. The molecule has 0 amide bonds. The number of rotatable bonds is 5. The molecule has 1 N–H and O–H groups in total. The first kappa shape index (κ1) is 16.7. The van der Waals surface area contributed by atoms with Crippen molar-refractivity contribution >= 4 is 12.4 Å². The maximum absolute atomic E-state index is 5.38. The molecule has 0 radical (unpaired) electrons. The van der Waals surface area contributed by atoms with Gasteiger partial charge in [0, 0.05) is 12.5 Å². The van der Waals surface area contributed by atoms with E-state index in [4.69, 9.17) is 4.52 Å². The average molecular weight is 296 g/mol. The lowest BCUT2D eigenvalue weighted by Crippen LogP contribution is -2.24. The molecule has 2 unspecified atom stereocenters. The average Bonchev–Trinajstić information content (AvgIpc) is 2.86. The van der Waals surface area contributed by atoms with Crippen LogP contribution < -0.4 is 5.32 Å². The Morgan fingerprint density at radius 1 is 1.30 bits per heavy atom. The minimum Gasteiger partial charge on any atom is -0.339 e. The normalized spacial score (nSPS) is 13.6. The SMILES string of the molecule is CNC(C)Cc1noc(C(C)c2cccc(C)c2)n1.Cl. The molecule has 0 aliphatic rings. The summed E-state index contributed by atoms with van der Waals surface area (Å²) in [6.45, 7) is 6.28. The van der Waals surface area contributed by atoms with Crippen LogP contribution in [-0.4, -0.2) is 23.2 Å². The van der Waals surface area contributed by atoms with Crippen LogP contribution in [0.25, 0.3) is 0 Å². The van der Waals surface area contributed by atoms with Gasteiger partial charge in [-0.3, -0.25) is 0 Å². The molecule has 2 atom stereocenters. The molecule has 0 saturated heterocycles. The first-order chi connectivity index (χ1) is 9.10. The van der Waals surface area contributed by atoms with Gasteiger partial charge in [0.05, 0.1) is 5.92 Å². The highest BCUT2D eigenvalue weighted by Crippen LogP contribution is 2.23. The van der Waals surface area contributed by atoms with Crippen molar-refractivity contribution < 1.29 is 4.52 Å². The highest BCUT2D eigenvalue weighted by atomic mass is 35.5. The Morgan fingerprint density at radius 2 is 2.05 bits per heavy atom. The smallest absolute Gasteiger partial charge is 0.233 e. The van der Waals surface area contributed by atoms with Crippen LogP contribution in [0.4, 0.5) is 0 Å². The van der Waals surface area contributed by atoms with Crippen LogP contribution in [0.5, 0.6) is 0 Å². The molecular weight excluding hydrogens is 274 g/mol. The van der Waals surface area contributed by atoms with Gasteiger partial charge >= 0.3 is 0 Å². The molecule has 1 aromatic heterocycles. The molecule has 0 fully saturated rings. The lowest BCUT2D eigenvalue weighted by atomic mass is 9.99. The Hall–Kier alpha value is -1.39. The predicted octanol–water partition coefficient (Wildman–Crippen LogP) is 3.10. The predicted molar refractivity (Wildman–Crippen MR) is 82.5 cm³/mol. The highest BCUT2D eigenvalue weighted by molar-refractivity contribution is 5.85. The Bertz CT molecular complexity index is 541. The maximum Gasteiger partial charge on any atom is 0.233 e. The summed E-state index contributed by atoms with van der Waals surface area (Å²) in [7, 11) is 1.93. The minimum absolute atomic E-state index is 0. The number of aromatic nitrogens is 2. The number of nitrogens with one attached hydrogen (secondary N) is 1. The fourth-order valence-corrected chi connectivity index (χ4v) is 1.98. The molecule has 2 rings (SSSR count). The zero-order valence-corrected chi connectivity index (χ0v) is 13.2. The lowest BCUT2D eigenvalue weighted by Gasteiger charge is -2.07. The van der Waals surface area contributed by atoms with Gasteiger partial charge in [0.25, 0.3) is 0 Å². The van der Waals surface area contributed by atoms with Crippen LogP contribution in [0.1, 0.15) is 42.6 Å². The van der Waals surface area contributed by atoms with Crippen molar-refractivity contribution in [1.29, 1.82) is 0 Å². The van der Waals surface area contributed by atoms with Gasteiger partial charge in [-0.2, -0.15) is 4.98 Å². The van der Waals surface area contributed by atoms with Gasteiger partial charge in [-0.1, -0.05) is 35.0 Å². The number of hydrogen-bond donors (Lipinski definition) is 1. The summed E-state index contributed by atoms with van der Waals surface area (Å²) in [5, 5.41) is 7.22. The number of nitrogens with zero attached hydrogens (tertiary/aromatic N) is 2.